The summed E-state index contributed by atoms with van der Waals surface area (Å²) in [5.74, 6) is 0. The van der Waals surface area contributed by atoms with E-state index in [0.717, 1.165) is 5.56 Å². The molecule has 1 atom stereocenters. The third-order valence-electron chi connectivity index (χ3n) is 1.28. The summed E-state index contributed by atoms with van der Waals surface area (Å²) in [7, 11) is 0. The second-order valence-electron chi connectivity index (χ2n) is 2.01. The molecule has 57 valence electrons. The average molecular weight is 150 g/mol. The molecule has 0 fully saturated rings. The van der Waals surface area contributed by atoms with Crippen LogP contribution in [0.3, 0.4) is 0 Å². The third kappa shape index (κ3) is 2.04. The lowest BCUT2D eigenvalue weighted by Crippen LogP contribution is -1.98. The SMILES string of the molecule is [CH2]C(OC=O)c1cccnc1. The molecule has 11 heavy (non-hydrogen) atoms. The van der Waals surface area contributed by atoms with Gasteiger partial charge in [0.05, 0.1) is 0 Å². The van der Waals surface area contributed by atoms with Crippen LogP contribution in [0.4, 0.5) is 0 Å². The minimum Gasteiger partial charge on any atom is -0.460 e. The molecule has 0 aromatic carbocycles. The summed E-state index contributed by atoms with van der Waals surface area (Å²) in [5.41, 5.74) is 0.791. The Morgan fingerprint density at radius 1 is 1.73 bits per heavy atom. The number of carbonyl (C=O) groups is 1. The van der Waals surface area contributed by atoms with Gasteiger partial charge in [-0.25, -0.2) is 0 Å². The van der Waals surface area contributed by atoms with Crippen molar-refractivity contribution in [3.8, 4) is 0 Å². The maximum atomic E-state index is 9.91. The van der Waals surface area contributed by atoms with E-state index in [9.17, 15) is 4.79 Å². The van der Waals surface area contributed by atoms with E-state index in [2.05, 4.69) is 16.6 Å². The summed E-state index contributed by atoms with van der Waals surface area (Å²) in [6, 6.07) is 3.57. The van der Waals surface area contributed by atoms with Crippen LogP contribution < -0.4 is 0 Å². The molecule has 3 heteroatoms. The van der Waals surface area contributed by atoms with Crippen LogP contribution in [-0.4, -0.2) is 11.5 Å². The van der Waals surface area contributed by atoms with Crippen LogP contribution in [0.2, 0.25) is 0 Å². The van der Waals surface area contributed by atoms with Gasteiger partial charge in [-0.3, -0.25) is 9.78 Å². The minimum atomic E-state index is -0.457. The first-order valence-corrected chi connectivity index (χ1v) is 3.16. The van der Waals surface area contributed by atoms with Gasteiger partial charge in [-0.15, -0.1) is 0 Å². The highest BCUT2D eigenvalue weighted by molar-refractivity contribution is 5.38. The van der Waals surface area contributed by atoms with Gasteiger partial charge in [-0.2, -0.15) is 0 Å². The van der Waals surface area contributed by atoms with E-state index in [4.69, 9.17) is 0 Å². The van der Waals surface area contributed by atoms with Crippen LogP contribution in [0.15, 0.2) is 24.5 Å². The van der Waals surface area contributed by atoms with Gasteiger partial charge in [-0.1, -0.05) is 6.07 Å². The number of pyridine rings is 1. The lowest BCUT2D eigenvalue weighted by Gasteiger charge is -2.07. The number of aromatic nitrogens is 1. The largest absolute Gasteiger partial charge is 0.460 e. The number of nitrogens with zero attached hydrogens (tertiary/aromatic N) is 1. The van der Waals surface area contributed by atoms with Crippen molar-refractivity contribution in [3.63, 3.8) is 0 Å². The van der Waals surface area contributed by atoms with Crippen molar-refractivity contribution in [2.45, 2.75) is 6.10 Å². The molecule has 0 bridgehead atoms. The standard InChI is InChI=1S/C8H8NO2/c1-7(11-6-10)8-3-2-4-9-5-8/h2-7H,1H2. The Balaban J connectivity index is 2.68. The monoisotopic (exact) mass is 150 g/mol. The zero-order valence-corrected chi connectivity index (χ0v) is 5.93. The van der Waals surface area contributed by atoms with E-state index in [1.165, 1.54) is 0 Å². The summed E-state index contributed by atoms with van der Waals surface area (Å²) in [6.45, 7) is 3.98. The summed E-state index contributed by atoms with van der Waals surface area (Å²) in [4.78, 5) is 13.8. The fourth-order valence-corrected chi connectivity index (χ4v) is 0.712. The van der Waals surface area contributed by atoms with E-state index in [-0.39, 0.29) is 0 Å². The van der Waals surface area contributed by atoms with Crippen molar-refractivity contribution in [2.24, 2.45) is 0 Å². The molecule has 1 aromatic heterocycles. The van der Waals surface area contributed by atoms with Crippen molar-refractivity contribution >= 4 is 6.47 Å². The summed E-state index contributed by atoms with van der Waals surface area (Å²) >= 11 is 0. The molecule has 1 aromatic rings. The van der Waals surface area contributed by atoms with Crippen molar-refractivity contribution in [3.05, 3.63) is 37.0 Å². The smallest absolute Gasteiger partial charge is 0.293 e. The predicted octanol–water partition coefficient (Wildman–Crippen LogP) is 1.13. The zero-order chi connectivity index (χ0) is 8.10. The number of ether oxygens (including phenoxy) is 1. The van der Waals surface area contributed by atoms with Crippen LogP contribution >= 0.6 is 0 Å². The van der Waals surface area contributed by atoms with E-state index in [0.29, 0.717) is 6.47 Å². The lowest BCUT2D eigenvalue weighted by molar-refractivity contribution is -0.131. The zero-order valence-electron chi connectivity index (χ0n) is 5.93. The highest BCUT2D eigenvalue weighted by atomic mass is 16.5. The van der Waals surface area contributed by atoms with Gasteiger partial charge >= 0.3 is 0 Å². The molecule has 0 aliphatic carbocycles. The second kappa shape index (κ2) is 3.71. The van der Waals surface area contributed by atoms with E-state index < -0.39 is 6.10 Å². The Bertz CT molecular complexity index is 223. The number of rotatable bonds is 3. The molecule has 0 spiro atoms. The van der Waals surface area contributed by atoms with Crippen molar-refractivity contribution in [2.75, 3.05) is 0 Å². The van der Waals surface area contributed by atoms with Crippen molar-refractivity contribution < 1.29 is 9.53 Å². The molecule has 0 N–H and O–H groups in total. The molecular formula is C8H8NO2. The van der Waals surface area contributed by atoms with Crippen LogP contribution in [-0.2, 0) is 9.53 Å². The Morgan fingerprint density at radius 3 is 3.09 bits per heavy atom. The van der Waals surface area contributed by atoms with Crippen LogP contribution in [0.25, 0.3) is 0 Å². The molecule has 1 rings (SSSR count). The average Bonchev–Trinajstić information content (AvgIpc) is 2.07. The Labute approximate surface area is 65.0 Å². The van der Waals surface area contributed by atoms with Gasteiger partial charge in [0.25, 0.3) is 6.47 Å². The first kappa shape index (κ1) is 7.72. The molecule has 0 amide bonds. The van der Waals surface area contributed by atoms with Crippen molar-refractivity contribution in [1.29, 1.82) is 0 Å². The third-order valence-corrected chi connectivity index (χ3v) is 1.28. The molecule has 0 saturated carbocycles. The normalized spacial score (nSPS) is 12.1. The van der Waals surface area contributed by atoms with E-state index >= 15 is 0 Å². The molecule has 0 aliphatic rings. The second-order valence-corrected chi connectivity index (χ2v) is 2.01. The fraction of sp³-hybridized carbons (Fsp3) is 0.125. The molecule has 3 nitrogen and oxygen atoms in total. The maximum absolute atomic E-state index is 9.91. The molecule has 1 radical (unpaired) electrons. The Kier molecular flexibility index (Phi) is 2.60. The highest BCUT2D eigenvalue weighted by Crippen LogP contribution is 2.12. The first-order valence-electron chi connectivity index (χ1n) is 3.16. The van der Waals surface area contributed by atoms with Gasteiger partial charge in [0.2, 0.25) is 0 Å². The lowest BCUT2D eigenvalue weighted by atomic mass is 10.2. The summed E-state index contributed by atoms with van der Waals surface area (Å²) < 4.78 is 4.60. The predicted molar refractivity (Wildman–Crippen MR) is 39.5 cm³/mol. The quantitative estimate of drug-likeness (QED) is 0.606. The number of carbonyl (C=O) groups excluding carboxylic acids is 1. The Hall–Kier alpha value is -1.38. The number of hydrogen-bond donors (Lipinski definition) is 0. The van der Waals surface area contributed by atoms with Crippen LogP contribution in [0.5, 0.6) is 0 Å². The van der Waals surface area contributed by atoms with Gasteiger partial charge in [0.15, 0.2) is 0 Å². The van der Waals surface area contributed by atoms with E-state index in [1.54, 1.807) is 24.5 Å². The molecule has 0 aliphatic heterocycles. The molecular weight excluding hydrogens is 142 g/mol. The first-order chi connectivity index (χ1) is 5.34. The van der Waals surface area contributed by atoms with Gasteiger partial charge in [-0.05, 0) is 13.0 Å². The topological polar surface area (TPSA) is 39.2 Å². The van der Waals surface area contributed by atoms with Crippen LogP contribution in [0.1, 0.15) is 11.7 Å². The molecule has 1 unspecified atom stereocenters. The molecule has 1 heterocycles. The number of hydrogen-bond acceptors (Lipinski definition) is 3. The van der Waals surface area contributed by atoms with Crippen molar-refractivity contribution in [1.82, 2.24) is 4.98 Å². The van der Waals surface area contributed by atoms with E-state index in [1.807, 2.05) is 0 Å². The summed E-state index contributed by atoms with van der Waals surface area (Å²) in [6.07, 6.45) is 2.80. The van der Waals surface area contributed by atoms with Gasteiger partial charge in [0, 0.05) is 18.0 Å². The van der Waals surface area contributed by atoms with Gasteiger partial charge < -0.3 is 4.74 Å². The van der Waals surface area contributed by atoms with Crippen LogP contribution in [0, 0.1) is 6.92 Å². The fourth-order valence-electron chi connectivity index (χ4n) is 0.712. The minimum absolute atomic E-state index is 0.380. The Morgan fingerprint density at radius 2 is 2.55 bits per heavy atom. The maximum Gasteiger partial charge on any atom is 0.293 e. The van der Waals surface area contributed by atoms with Gasteiger partial charge in [0.1, 0.15) is 6.10 Å². The molecule has 0 saturated heterocycles. The highest BCUT2D eigenvalue weighted by Gasteiger charge is 2.03. The summed E-state index contributed by atoms with van der Waals surface area (Å²) in [5, 5.41) is 0.